The van der Waals surface area contributed by atoms with Crippen molar-refractivity contribution in [1.82, 2.24) is 20.4 Å². The van der Waals surface area contributed by atoms with E-state index in [1.165, 1.54) is 12.0 Å². The summed E-state index contributed by atoms with van der Waals surface area (Å²) in [4.78, 5) is 7.12. The normalized spacial score (nSPS) is 23.3. The highest BCUT2D eigenvalue weighted by molar-refractivity contribution is 5.85. The SMILES string of the molecule is CN1CCNCC1c1noc(C2(Cc3ccccc3)CCC2)n1.Cl. The summed E-state index contributed by atoms with van der Waals surface area (Å²) in [5.41, 5.74) is 1.40. The van der Waals surface area contributed by atoms with E-state index in [9.17, 15) is 0 Å². The van der Waals surface area contributed by atoms with Gasteiger partial charge in [0.1, 0.15) is 0 Å². The molecule has 2 heterocycles. The third-order valence-corrected chi connectivity index (χ3v) is 5.40. The molecule has 1 saturated heterocycles. The Bertz CT molecular complexity index is 656. The van der Waals surface area contributed by atoms with Crippen molar-refractivity contribution in [3.8, 4) is 0 Å². The fraction of sp³-hybridized carbons (Fsp3) is 0.556. The van der Waals surface area contributed by atoms with E-state index in [0.29, 0.717) is 0 Å². The molecule has 1 aliphatic carbocycles. The number of aromatic nitrogens is 2. The van der Waals surface area contributed by atoms with Gasteiger partial charge in [-0.05, 0) is 31.9 Å². The van der Waals surface area contributed by atoms with Crippen LogP contribution in [0.15, 0.2) is 34.9 Å². The van der Waals surface area contributed by atoms with Crippen molar-refractivity contribution < 1.29 is 4.52 Å². The maximum Gasteiger partial charge on any atom is 0.233 e. The van der Waals surface area contributed by atoms with E-state index < -0.39 is 0 Å². The molecule has 1 atom stereocenters. The van der Waals surface area contributed by atoms with Crippen molar-refractivity contribution in [2.75, 3.05) is 26.7 Å². The van der Waals surface area contributed by atoms with Gasteiger partial charge in [-0.1, -0.05) is 41.9 Å². The lowest BCUT2D eigenvalue weighted by atomic mass is 9.65. The summed E-state index contributed by atoms with van der Waals surface area (Å²) in [6, 6.07) is 10.9. The Morgan fingerprint density at radius 3 is 2.75 bits per heavy atom. The van der Waals surface area contributed by atoms with Crippen molar-refractivity contribution in [2.45, 2.75) is 37.1 Å². The van der Waals surface area contributed by atoms with Crippen LogP contribution in [0.4, 0.5) is 0 Å². The molecule has 2 aromatic rings. The molecular formula is C18H25ClN4O. The first kappa shape index (κ1) is 17.4. The topological polar surface area (TPSA) is 54.2 Å². The van der Waals surface area contributed by atoms with Gasteiger partial charge in [0.05, 0.1) is 11.5 Å². The second-order valence-electron chi connectivity index (χ2n) is 6.95. The van der Waals surface area contributed by atoms with E-state index in [2.05, 4.69) is 52.8 Å². The molecule has 1 aromatic carbocycles. The first-order chi connectivity index (χ1) is 11.3. The van der Waals surface area contributed by atoms with E-state index in [0.717, 1.165) is 50.6 Å². The molecule has 0 bridgehead atoms. The first-order valence-corrected chi connectivity index (χ1v) is 8.56. The molecular weight excluding hydrogens is 324 g/mol. The van der Waals surface area contributed by atoms with Gasteiger partial charge in [0.25, 0.3) is 0 Å². The Balaban J connectivity index is 0.00000169. The predicted molar refractivity (Wildman–Crippen MR) is 95.5 cm³/mol. The lowest BCUT2D eigenvalue weighted by molar-refractivity contribution is 0.170. The summed E-state index contributed by atoms with van der Waals surface area (Å²) in [5, 5.41) is 7.73. The zero-order valence-corrected chi connectivity index (χ0v) is 14.9. The van der Waals surface area contributed by atoms with Crippen LogP contribution < -0.4 is 5.32 Å². The fourth-order valence-corrected chi connectivity index (χ4v) is 3.74. The minimum atomic E-state index is 0. The summed E-state index contributed by atoms with van der Waals surface area (Å²) < 4.78 is 5.73. The van der Waals surface area contributed by atoms with Gasteiger partial charge < -0.3 is 9.84 Å². The predicted octanol–water partition coefficient (Wildman–Crippen LogP) is 2.73. The monoisotopic (exact) mass is 348 g/mol. The number of nitrogens with zero attached hydrogens (tertiary/aromatic N) is 3. The largest absolute Gasteiger partial charge is 0.339 e. The molecule has 0 amide bonds. The van der Waals surface area contributed by atoms with Gasteiger partial charge in [0.15, 0.2) is 5.82 Å². The maximum atomic E-state index is 5.73. The van der Waals surface area contributed by atoms with Crippen LogP contribution in [0.1, 0.15) is 42.6 Å². The molecule has 0 radical (unpaired) electrons. The van der Waals surface area contributed by atoms with Gasteiger partial charge in [-0.15, -0.1) is 12.4 Å². The zero-order chi connectivity index (χ0) is 15.7. The summed E-state index contributed by atoms with van der Waals surface area (Å²) in [7, 11) is 2.13. The molecule has 5 nitrogen and oxygen atoms in total. The Hall–Kier alpha value is -1.43. The fourth-order valence-electron chi connectivity index (χ4n) is 3.74. The molecule has 0 spiro atoms. The van der Waals surface area contributed by atoms with Crippen LogP contribution >= 0.6 is 12.4 Å². The highest BCUT2D eigenvalue weighted by Crippen LogP contribution is 2.45. The van der Waals surface area contributed by atoms with Crippen LogP contribution in [-0.2, 0) is 11.8 Å². The summed E-state index contributed by atoms with van der Waals surface area (Å²) >= 11 is 0. The van der Waals surface area contributed by atoms with Crippen molar-refractivity contribution >= 4 is 12.4 Å². The second-order valence-corrected chi connectivity index (χ2v) is 6.95. The van der Waals surface area contributed by atoms with Gasteiger partial charge >= 0.3 is 0 Å². The van der Waals surface area contributed by atoms with Crippen molar-refractivity contribution in [1.29, 1.82) is 0 Å². The molecule has 1 saturated carbocycles. The quantitative estimate of drug-likeness (QED) is 0.920. The number of halogens is 1. The van der Waals surface area contributed by atoms with E-state index in [-0.39, 0.29) is 23.9 Å². The average molecular weight is 349 g/mol. The standard InChI is InChI=1S/C18H24N4O.ClH/c1-22-11-10-19-13-15(22)16-20-17(23-21-16)18(8-5-9-18)12-14-6-3-2-4-7-14;/h2-4,6-7,15,19H,5,8-13H2,1H3;1H. The average Bonchev–Trinajstić information content (AvgIpc) is 3.02. The van der Waals surface area contributed by atoms with Gasteiger partial charge in [0, 0.05) is 19.6 Å². The van der Waals surface area contributed by atoms with Crippen LogP contribution in [-0.4, -0.2) is 41.7 Å². The van der Waals surface area contributed by atoms with E-state index in [1.807, 2.05) is 0 Å². The number of likely N-dealkylation sites (N-methyl/N-ethyl adjacent to an activating group) is 1. The number of piperazine rings is 1. The van der Waals surface area contributed by atoms with Gasteiger partial charge in [-0.25, -0.2) is 0 Å². The number of nitrogens with one attached hydrogen (secondary N) is 1. The van der Waals surface area contributed by atoms with Gasteiger partial charge in [-0.3, -0.25) is 4.90 Å². The van der Waals surface area contributed by atoms with Crippen LogP contribution in [0.5, 0.6) is 0 Å². The number of rotatable bonds is 4. The minimum Gasteiger partial charge on any atom is -0.339 e. The molecule has 4 rings (SSSR count). The maximum absolute atomic E-state index is 5.73. The minimum absolute atomic E-state index is 0. The van der Waals surface area contributed by atoms with Crippen LogP contribution in [0.2, 0.25) is 0 Å². The molecule has 1 unspecified atom stereocenters. The van der Waals surface area contributed by atoms with Crippen molar-refractivity contribution in [2.24, 2.45) is 0 Å². The Labute approximate surface area is 149 Å². The van der Waals surface area contributed by atoms with Crippen molar-refractivity contribution in [3.05, 3.63) is 47.6 Å². The number of hydrogen-bond acceptors (Lipinski definition) is 5. The summed E-state index contributed by atoms with van der Waals surface area (Å²) in [5.74, 6) is 1.66. The summed E-state index contributed by atoms with van der Waals surface area (Å²) in [6.07, 6.45) is 4.52. The lowest BCUT2D eigenvalue weighted by Gasteiger charge is -2.38. The molecule has 1 N–H and O–H groups in total. The van der Waals surface area contributed by atoms with Crippen LogP contribution in [0.25, 0.3) is 0 Å². The van der Waals surface area contributed by atoms with Crippen LogP contribution in [0, 0.1) is 0 Å². The van der Waals surface area contributed by atoms with Gasteiger partial charge in [-0.2, -0.15) is 4.98 Å². The number of hydrogen-bond donors (Lipinski definition) is 1. The number of benzene rings is 1. The van der Waals surface area contributed by atoms with Crippen molar-refractivity contribution in [3.63, 3.8) is 0 Å². The molecule has 130 valence electrons. The first-order valence-electron chi connectivity index (χ1n) is 8.56. The Morgan fingerprint density at radius 1 is 1.29 bits per heavy atom. The van der Waals surface area contributed by atoms with Crippen LogP contribution in [0.3, 0.4) is 0 Å². The highest BCUT2D eigenvalue weighted by atomic mass is 35.5. The Morgan fingerprint density at radius 2 is 2.08 bits per heavy atom. The molecule has 1 aliphatic heterocycles. The third kappa shape index (κ3) is 3.21. The second kappa shape index (κ2) is 7.21. The van der Waals surface area contributed by atoms with E-state index in [4.69, 9.17) is 9.51 Å². The molecule has 24 heavy (non-hydrogen) atoms. The third-order valence-electron chi connectivity index (χ3n) is 5.40. The molecule has 6 heteroatoms. The van der Waals surface area contributed by atoms with E-state index in [1.54, 1.807) is 0 Å². The lowest BCUT2D eigenvalue weighted by Crippen LogP contribution is -2.44. The molecule has 1 aromatic heterocycles. The van der Waals surface area contributed by atoms with E-state index >= 15 is 0 Å². The Kier molecular flexibility index (Phi) is 5.23. The highest BCUT2D eigenvalue weighted by Gasteiger charge is 2.44. The smallest absolute Gasteiger partial charge is 0.233 e. The summed E-state index contributed by atoms with van der Waals surface area (Å²) in [6.45, 7) is 2.93. The van der Waals surface area contributed by atoms with Gasteiger partial charge in [0.2, 0.25) is 5.89 Å². The molecule has 2 aliphatic rings. The zero-order valence-electron chi connectivity index (χ0n) is 14.1. The molecule has 2 fully saturated rings.